The maximum Gasteiger partial charge on any atom is 0.178 e. The molecular weight excluding hydrogens is 234 g/mol. The number of imidazole rings is 1. The second kappa shape index (κ2) is 4.83. The highest BCUT2D eigenvalue weighted by Crippen LogP contribution is 2.20. The first-order valence-electron chi connectivity index (χ1n) is 4.54. The molecule has 4 nitrogen and oxygen atoms in total. The fourth-order valence-corrected chi connectivity index (χ4v) is 2.11. The van der Waals surface area contributed by atoms with Crippen LogP contribution in [0.5, 0.6) is 0 Å². The smallest absolute Gasteiger partial charge is 0.178 e. The van der Waals surface area contributed by atoms with Crippen molar-refractivity contribution in [3.05, 3.63) is 17.3 Å². The van der Waals surface area contributed by atoms with E-state index in [1.54, 1.807) is 24.0 Å². The minimum Gasteiger partial charge on any atom is -0.396 e. The van der Waals surface area contributed by atoms with Gasteiger partial charge in [0.25, 0.3) is 0 Å². The molecule has 2 aromatic heterocycles. The normalized spacial score (nSPS) is 11.1. The van der Waals surface area contributed by atoms with E-state index in [0.717, 1.165) is 22.8 Å². The number of aliphatic hydroxyl groups is 1. The fourth-order valence-electron chi connectivity index (χ4n) is 1.15. The first-order valence-corrected chi connectivity index (χ1v) is 5.91. The Morgan fingerprint density at radius 1 is 1.53 bits per heavy atom. The molecule has 0 amide bonds. The van der Waals surface area contributed by atoms with Crippen LogP contribution in [0.25, 0.3) is 11.2 Å². The van der Waals surface area contributed by atoms with Crippen molar-refractivity contribution >= 4 is 34.5 Å². The molecule has 0 saturated heterocycles. The van der Waals surface area contributed by atoms with Crippen molar-refractivity contribution in [1.82, 2.24) is 15.0 Å². The van der Waals surface area contributed by atoms with Crippen molar-refractivity contribution < 1.29 is 5.11 Å². The third-order valence-corrected chi connectivity index (χ3v) is 2.99. The quantitative estimate of drug-likeness (QED) is 0.638. The van der Waals surface area contributed by atoms with Crippen molar-refractivity contribution in [1.29, 1.82) is 0 Å². The zero-order chi connectivity index (χ0) is 10.7. The number of aliphatic hydroxyl groups excluding tert-OH is 1. The molecule has 2 heterocycles. The van der Waals surface area contributed by atoms with Gasteiger partial charge in [-0.25, -0.2) is 9.97 Å². The maximum absolute atomic E-state index is 8.65. The van der Waals surface area contributed by atoms with E-state index in [2.05, 4.69) is 15.0 Å². The Labute approximate surface area is 96.1 Å². The van der Waals surface area contributed by atoms with Crippen LogP contribution in [0.4, 0.5) is 0 Å². The summed E-state index contributed by atoms with van der Waals surface area (Å²) in [4.78, 5) is 11.5. The summed E-state index contributed by atoms with van der Waals surface area (Å²) in [6.45, 7) is 0.206. The van der Waals surface area contributed by atoms with Crippen LogP contribution in [0, 0.1) is 0 Å². The summed E-state index contributed by atoms with van der Waals surface area (Å²) in [5.41, 5.74) is 1.51. The van der Waals surface area contributed by atoms with Gasteiger partial charge in [-0.2, -0.15) is 0 Å². The Balaban J connectivity index is 2.16. The standard InChI is InChI=1S/C9H10ClN3OS/c10-6-4-7-8(11-5-6)13-9(12-7)15-3-1-2-14/h4-5,14H,1-3H2,(H,11,12,13). The van der Waals surface area contributed by atoms with Crippen LogP contribution >= 0.6 is 23.4 Å². The molecule has 0 spiro atoms. The summed E-state index contributed by atoms with van der Waals surface area (Å²) >= 11 is 7.37. The summed E-state index contributed by atoms with van der Waals surface area (Å²) in [6.07, 6.45) is 2.34. The molecule has 0 bridgehead atoms. The van der Waals surface area contributed by atoms with E-state index in [4.69, 9.17) is 16.7 Å². The van der Waals surface area contributed by atoms with Crippen LogP contribution < -0.4 is 0 Å². The summed E-state index contributed by atoms with van der Waals surface area (Å²) in [7, 11) is 0. The van der Waals surface area contributed by atoms with E-state index in [-0.39, 0.29) is 6.61 Å². The lowest BCUT2D eigenvalue weighted by Gasteiger charge is -1.92. The Morgan fingerprint density at radius 2 is 2.40 bits per heavy atom. The topological polar surface area (TPSA) is 61.8 Å². The molecule has 0 saturated carbocycles. The third kappa shape index (κ3) is 2.62. The number of rotatable bonds is 4. The summed E-state index contributed by atoms with van der Waals surface area (Å²) in [6, 6.07) is 1.80. The predicted molar refractivity (Wildman–Crippen MR) is 61.3 cm³/mol. The van der Waals surface area contributed by atoms with E-state index in [1.165, 1.54) is 0 Å². The number of pyridine rings is 1. The molecule has 2 aromatic rings. The Hall–Kier alpha value is -0.780. The van der Waals surface area contributed by atoms with Crippen molar-refractivity contribution in [2.75, 3.05) is 12.4 Å². The lowest BCUT2D eigenvalue weighted by Crippen LogP contribution is -1.86. The molecule has 0 aliphatic rings. The van der Waals surface area contributed by atoms with Crippen molar-refractivity contribution in [3.8, 4) is 0 Å². The van der Waals surface area contributed by atoms with Gasteiger partial charge in [0.15, 0.2) is 10.8 Å². The molecule has 0 atom stereocenters. The Morgan fingerprint density at radius 3 is 3.20 bits per heavy atom. The van der Waals surface area contributed by atoms with Gasteiger partial charge < -0.3 is 10.1 Å². The average molecular weight is 244 g/mol. The monoisotopic (exact) mass is 243 g/mol. The number of H-pyrrole nitrogens is 1. The number of nitrogens with zero attached hydrogens (tertiary/aromatic N) is 2. The predicted octanol–water partition coefficient (Wildman–Crippen LogP) is 2.09. The van der Waals surface area contributed by atoms with E-state index < -0.39 is 0 Å². The van der Waals surface area contributed by atoms with E-state index in [0.29, 0.717) is 10.7 Å². The van der Waals surface area contributed by atoms with Gasteiger partial charge in [-0.05, 0) is 12.5 Å². The SMILES string of the molecule is OCCCSc1nc2ncc(Cl)cc2[nH]1. The zero-order valence-corrected chi connectivity index (χ0v) is 9.48. The number of fused-ring (bicyclic) bond motifs is 1. The molecular formula is C9H10ClN3OS. The summed E-state index contributed by atoms with van der Waals surface area (Å²) in [5, 5.41) is 10.1. The Kier molecular flexibility index (Phi) is 3.45. The van der Waals surface area contributed by atoms with E-state index >= 15 is 0 Å². The molecule has 0 radical (unpaired) electrons. The van der Waals surface area contributed by atoms with E-state index in [1.807, 2.05) is 0 Å². The lowest BCUT2D eigenvalue weighted by atomic mass is 10.4. The molecule has 2 rings (SSSR count). The highest BCUT2D eigenvalue weighted by atomic mass is 35.5. The molecule has 0 aliphatic heterocycles. The van der Waals surface area contributed by atoms with Gasteiger partial charge in [-0.3, -0.25) is 0 Å². The van der Waals surface area contributed by atoms with E-state index in [9.17, 15) is 0 Å². The van der Waals surface area contributed by atoms with Gasteiger partial charge in [0.05, 0.1) is 10.5 Å². The highest BCUT2D eigenvalue weighted by molar-refractivity contribution is 7.99. The van der Waals surface area contributed by atoms with Crippen LogP contribution in [0.15, 0.2) is 17.4 Å². The fraction of sp³-hybridized carbons (Fsp3) is 0.333. The van der Waals surface area contributed by atoms with Crippen molar-refractivity contribution in [2.24, 2.45) is 0 Å². The summed E-state index contributed by atoms with van der Waals surface area (Å²) in [5.74, 6) is 0.837. The van der Waals surface area contributed by atoms with Gasteiger partial charge in [-0.1, -0.05) is 23.4 Å². The second-order valence-corrected chi connectivity index (χ2v) is 4.51. The van der Waals surface area contributed by atoms with Gasteiger partial charge >= 0.3 is 0 Å². The molecule has 15 heavy (non-hydrogen) atoms. The number of nitrogens with one attached hydrogen (secondary N) is 1. The summed E-state index contributed by atoms with van der Waals surface area (Å²) < 4.78 is 0. The number of hydrogen-bond donors (Lipinski definition) is 2. The second-order valence-electron chi connectivity index (χ2n) is 2.99. The molecule has 0 aromatic carbocycles. The maximum atomic E-state index is 8.65. The number of aromatic amines is 1. The largest absolute Gasteiger partial charge is 0.396 e. The first-order chi connectivity index (χ1) is 7.29. The minimum atomic E-state index is 0.206. The van der Waals surface area contributed by atoms with Crippen molar-refractivity contribution in [2.45, 2.75) is 11.6 Å². The third-order valence-electron chi connectivity index (χ3n) is 1.82. The number of hydrogen-bond acceptors (Lipinski definition) is 4. The number of aromatic nitrogens is 3. The highest BCUT2D eigenvalue weighted by Gasteiger charge is 2.04. The molecule has 2 N–H and O–H groups in total. The molecule has 80 valence electrons. The zero-order valence-electron chi connectivity index (χ0n) is 7.90. The molecule has 0 aliphatic carbocycles. The van der Waals surface area contributed by atoms with Crippen molar-refractivity contribution in [3.63, 3.8) is 0 Å². The Bertz CT molecular complexity index is 460. The molecule has 6 heteroatoms. The lowest BCUT2D eigenvalue weighted by molar-refractivity contribution is 0.296. The molecule has 0 fully saturated rings. The van der Waals surface area contributed by atoms with Crippen LogP contribution in [0.1, 0.15) is 6.42 Å². The molecule has 0 unspecified atom stereocenters. The minimum absolute atomic E-state index is 0.206. The van der Waals surface area contributed by atoms with Crippen LogP contribution in [-0.4, -0.2) is 32.4 Å². The number of thioether (sulfide) groups is 1. The first kappa shape index (κ1) is 10.7. The van der Waals surface area contributed by atoms with Gasteiger partial charge in [0, 0.05) is 18.6 Å². The van der Waals surface area contributed by atoms with Crippen LogP contribution in [-0.2, 0) is 0 Å². The van der Waals surface area contributed by atoms with Gasteiger partial charge in [-0.15, -0.1) is 0 Å². The van der Waals surface area contributed by atoms with Crippen LogP contribution in [0.3, 0.4) is 0 Å². The average Bonchev–Trinajstić information content (AvgIpc) is 2.60. The van der Waals surface area contributed by atoms with Crippen LogP contribution in [0.2, 0.25) is 5.02 Å². The van der Waals surface area contributed by atoms with Gasteiger partial charge in [0.1, 0.15) is 0 Å². The van der Waals surface area contributed by atoms with Gasteiger partial charge in [0.2, 0.25) is 0 Å². The number of halogens is 1.